The van der Waals surface area contributed by atoms with E-state index in [1.54, 1.807) is 24.3 Å². The molecule has 0 aliphatic carbocycles. The molecular formula is C18H22ClF2N3O2S. The van der Waals surface area contributed by atoms with Gasteiger partial charge in [-0.15, -0.1) is 12.4 Å². The molecule has 0 radical (unpaired) electrons. The number of unbranched alkanes of at least 4 members (excludes halogenated alkanes) is 1. The van der Waals surface area contributed by atoms with Crippen LogP contribution in [0.1, 0.15) is 19.8 Å². The van der Waals surface area contributed by atoms with Crippen molar-refractivity contribution in [1.29, 1.82) is 0 Å². The fraction of sp³-hybridized carbons (Fsp3) is 0.333. The molecule has 5 nitrogen and oxygen atoms in total. The minimum atomic E-state index is -3.98. The highest BCUT2D eigenvalue weighted by molar-refractivity contribution is 7.95. The Kier molecular flexibility index (Phi) is 7.02. The van der Waals surface area contributed by atoms with Crippen molar-refractivity contribution in [2.45, 2.75) is 19.8 Å². The van der Waals surface area contributed by atoms with Crippen LogP contribution in [-0.4, -0.2) is 28.1 Å². The minimum absolute atomic E-state index is 0. The smallest absolute Gasteiger partial charge is 0.317 e. The van der Waals surface area contributed by atoms with E-state index in [0.717, 1.165) is 35.9 Å². The van der Waals surface area contributed by atoms with Crippen molar-refractivity contribution in [3.63, 3.8) is 0 Å². The van der Waals surface area contributed by atoms with E-state index in [-0.39, 0.29) is 18.1 Å². The lowest BCUT2D eigenvalue weighted by molar-refractivity contribution is 0.577. The van der Waals surface area contributed by atoms with Crippen LogP contribution in [0.4, 0.5) is 25.8 Å². The zero-order valence-corrected chi connectivity index (χ0v) is 16.5. The van der Waals surface area contributed by atoms with Crippen molar-refractivity contribution < 1.29 is 17.2 Å². The average Bonchev–Trinajstić information content (AvgIpc) is 2.82. The second-order valence-electron chi connectivity index (χ2n) is 5.99. The Morgan fingerprint density at radius 2 is 1.70 bits per heavy atom. The minimum Gasteiger partial charge on any atom is -0.317 e. The van der Waals surface area contributed by atoms with E-state index in [4.69, 9.17) is 0 Å². The molecule has 1 N–H and O–H groups in total. The number of halogens is 3. The van der Waals surface area contributed by atoms with Gasteiger partial charge in [0.25, 0.3) is 0 Å². The van der Waals surface area contributed by atoms with Gasteiger partial charge in [0.2, 0.25) is 0 Å². The normalized spacial score (nSPS) is 14.8. The third-order valence-electron chi connectivity index (χ3n) is 4.22. The number of hydrogen-bond donors (Lipinski definition) is 1. The van der Waals surface area contributed by atoms with E-state index >= 15 is 0 Å². The third-order valence-corrected chi connectivity index (χ3v) is 6.01. The molecule has 0 unspecified atom stereocenters. The lowest BCUT2D eigenvalue weighted by Gasteiger charge is -2.22. The van der Waals surface area contributed by atoms with E-state index in [1.165, 1.54) is 4.31 Å². The topological polar surface area (TPSA) is 52.6 Å². The van der Waals surface area contributed by atoms with Crippen molar-refractivity contribution in [2.75, 3.05) is 28.2 Å². The first-order chi connectivity index (χ1) is 12.5. The maximum atomic E-state index is 14.3. The molecule has 1 aliphatic rings. The molecule has 1 aliphatic heterocycles. The second-order valence-corrected chi connectivity index (χ2v) is 7.69. The van der Waals surface area contributed by atoms with Gasteiger partial charge in [-0.2, -0.15) is 8.42 Å². The summed E-state index contributed by atoms with van der Waals surface area (Å²) in [6.07, 6.45) is 1.49. The first kappa shape index (κ1) is 21.4. The van der Waals surface area contributed by atoms with Crippen molar-refractivity contribution in [1.82, 2.24) is 5.32 Å². The lowest BCUT2D eigenvalue weighted by atomic mass is 10.2. The molecule has 0 amide bonds. The van der Waals surface area contributed by atoms with Gasteiger partial charge in [0.15, 0.2) is 5.82 Å². The summed E-state index contributed by atoms with van der Waals surface area (Å²) in [6, 6.07) is 9.63. The van der Waals surface area contributed by atoms with Crippen molar-refractivity contribution in [2.24, 2.45) is 0 Å². The van der Waals surface area contributed by atoms with Gasteiger partial charge in [0.05, 0.1) is 17.1 Å². The summed E-state index contributed by atoms with van der Waals surface area (Å²) in [5, 5.41) is 3.20. The number of nitrogens with zero attached hydrogens (tertiary/aromatic N) is 2. The molecule has 0 aromatic heterocycles. The fourth-order valence-corrected chi connectivity index (χ4v) is 4.77. The Labute approximate surface area is 164 Å². The predicted octanol–water partition coefficient (Wildman–Crippen LogP) is 3.98. The Hall–Kier alpha value is -1.90. The maximum Gasteiger partial charge on any atom is 0.331 e. The number of anilines is 3. The number of nitrogens with one attached hydrogen (secondary N) is 1. The number of benzene rings is 2. The van der Waals surface area contributed by atoms with Crippen LogP contribution in [-0.2, 0) is 10.2 Å². The highest BCUT2D eigenvalue weighted by atomic mass is 35.5. The molecule has 0 bridgehead atoms. The van der Waals surface area contributed by atoms with Crippen LogP contribution in [0.5, 0.6) is 0 Å². The van der Waals surface area contributed by atoms with E-state index in [0.29, 0.717) is 30.4 Å². The summed E-state index contributed by atoms with van der Waals surface area (Å²) >= 11 is 0. The fourth-order valence-electron chi connectivity index (χ4n) is 3.01. The van der Waals surface area contributed by atoms with Crippen LogP contribution in [0.2, 0.25) is 0 Å². The largest absolute Gasteiger partial charge is 0.331 e. The van der Waals surface area contributed by atoms with Gasteiger partial charge in [-0.1, -0.05) is 19.1 Å². The summed E-state index contributed by atoms with van der Waals surface area (Å²) in [7, 11) is -3.98. The molecule has 9 heteroatoms. The Morgan fingerprint density at radius 1 is 1.00 bits per heavy atom. The Morgan fingerprint density at radius 3 is 2.37 bits per heavy atom. The predicted molar refractivity (Wildman–Crippen MR) is 106 cm³/mol. The van der Waals surface area contributed by atoms with Gasteiger partial charge in [-0.05, 0) is 50.2 Å². The summed E-state index contributed by atoms with van der Waals surface area (Å²) in [4.78, 5) is 0. The molecular weight excluding hydrogens is 396 g/mol. The molecule has 0 fully saturated rings. The van der Waals surface area contributed by atoms with Gasteiger partial charge in [0.1, 0.15) is 5.82 Å². The average molecular weight is 418 g/mol. The molecule has 148 valence electrons. The maximum absolute atomic E-state index is 14.3. The quantitative estimate of drug-likeness (QED) is 0.693. The zero-order chi connectivity index (χ0) is 18.7. The van der Waals surface area contributed by atoms with Crippen LogP contribution in [0, 0.1) is 11.6 Å². The van der Waals surface area contributed by atoms with Crippen molar-refractivity contribution in [3.8, 4) is 0 Å². The zero-order valence-electron chi connectivity index (χ0n) is 14.9. The third kappa shape index (κ3) is 4.17. The van der Waals surface area contributed by atoms with Gasteiger partial charge in [-0.25, -0.2) is 13.1 Å². The van der Waals surface area contributed by atoms with Gasteiger partial charge < -0.3 is 5.32 Å². The number of fused-ring (bicyclic) bond motifs is 1. The van der Waals surface area contributed by atoms with Crippen molar-refractivity contribution in [3.05, 3.63) is 54.1 Å². The SMILES string of the molecule is CCNCCCCN1c2ccccc2N(c2ccc(F)cc2F)S1(=O)=O.Cl. The van der Waals surface area contributed by atoms with Crippen LogP contribution < -0.4 is 13.9 Å². The Balaban J connectivity index is 0.00000261. The molecule has 2 aromatic carbocycles. The number of para-hydroxylation sites is 2. The highest BCUT2D eigenvalue weighted by Crippen LogP contribution is 2.45. The molecule has 2 aromatic rings. The van der Waals surface area contributed by atoms with Crippen LogP contribution in [0.15, 0.2) is 42.5 Å². The number of hydrogen-bond acceptors (Lipinski definition) is 3. The summed E-state index contributed by atoms with van der Waals surface area (Å²) < 4.78 is 55.9. The van der Waals surface area contributed by atoms with E-state index < -0.39 is 21.8 Å². The standard InChI is InChI=1S/C18H21F2N3O2S.ClH/c1-2-21-11-5-6-12-22-17-7-3-4-8-18(17)23(26(22,24)25)16-10-9-14(19)13-15(16)20;/h3-4,7-10,13,21H,2,5-6,11-12H2,1H3;1H. The van der Waals surface area contributed by atoms with E-state index in [1.807, 2.05) is 6.92 Å². The molecule has 27 heavy (non-hydrogen) atoms. The van der Waals surface area contributed by atoms with Gasteiger partial charge >= 0.3 is 10.2 Å². The van der Waals surface area contributed by atoms with Crippen molar-refractivity contribution >= 4 is 39.7 Å². The molecule has 0 saturated carbocycles. The monoisotopic (exact) mass is 417 g/mol. The van der Waals surface area contributed by atoms with Crippen LogP contribution >= 0.6 is 12.4 Å². The van der Waals surface area contributed by atoms with E-state index in [2.05, 4.69) is 5.32 Å². The first-order valence-corrected chi connectivity index (χ1v) is 9.94. The molecule has 1 heterocycles. The number of rotatable bonds is 7. The van der Waals surface area contributed by atoms with Crippen LogP contribution in [0.25, 0.3) is 0 Å². The van der Waals surface area contributed by atoms with Gasteiger partial charge in [-0.3, -0.25) is 4.31 Å². The molecule has 0 saturated heterocycles. The first-order valence-electron chi connectivity index (χ1n) is 8.54. The van der Waals surface area contributed by atoms with E-state index in [9.17, 15) is 17.2 Å². The molecule has 3 rings (SSSR count). The van der Waals surface area contributed by atoms with Crippen LogP contribution in [0.3, 0.4) is 0 Å². The molecule has 0 atom stereocenters. The molecule has 0 spiro atoms. The summed E-state index contributed by atoms with van der Waals surface area (Å²) in [6.45, 7) is 3.98. The second kappa shape index (κ2) is 8.86. The van der Waals surface area contributed by atoms with Gasteiger partial charge in [0, 0.05) is 12.6 Å². The summed E-state index contributed by atoms with van der Waals surface area (Å²) in [5.74, 6) is -1.67. The summed E-state index contributed by atoms with van der Waals surface area (Å²) in [5.41, 5.74) is 0.679. The highest BCUT2D eigenvalue weighted by Gasteiger charge is 2.41. The lowest BCUT2D eigenvalue weighted by Crippen LogP contribution is -2.36. The Bertz CT molecular complexity index is 896.